The molecule has 2 aromatic carbocycles. The fourth-order valence-corrected chi connectivity index (χ4v) is 2.42. The third-order valence-electron chi connectivity index (χ3n) is 3.00. The third kappa shape index (κ3) is 4.02. The Morgan fingerprint density at radius 2 is 1.77 bits per heavy atom. The summed E-state index contributed by atoms with van der Waals surface area (Å²) in [6.45, 7) is 2.02. The van der Waals surface area contributed by atoms with Crippen LogP contribution in [0.5, 0.6) is 11.5 Å². The molecule has 0 radical (unpaired) electrons. The first-order valence-corrected chi connectivity index (χ1v) is 7.38. The molecule has 22 heavy (non-hydrogen) atoms. The van der Waals surface area contributed by atoms with E-state index in [1.165, 1.54) is 0 Å². The first kappa shape index (κ1) is 16.4. The molecule has 2 N–H and O–H groups in total. The smallest absolute Gasteiger partial charge is 0.175 e. The third-order valence-corrected chi connectivity index (χ3v) is 3.50. The largest absolute Gasteiger partial charge is 0.495 e. The van der Waals surface area contributed by atoms with E-state index < -0.39 is 0 Å². The molecule has 0 bridgehead atoms. The summed E-state index contributed by atoms with van der Waals surface area (Å²) in [5.41, 5.74) is 2.74. The van der Waals surface area contributed by atoms with Crippen molar-refractivity contribution in [2.75, 3.05) is 24.9 Å². The van der Waals surface area contributed by atoms with E-state index in [-0.39, 0.29) is 0 Å². The van der Waals surface area contributed by atoms with Crippen LogP contribution >= 0.6 is 23.8 Å². The summed E-state index contributed by atoms with van der Waals surface area (Å²) in [4.78, 5) is 0. The van der Waals surface area contributed by atoms with E-state index >= 15 is 0 Å². The van der Waals surface area contributed by atoms with Crippen molar-refractivity contribution in [3.05, 3.63) is 47.0 Å². The highest BCUT2D eigenvalue weighted by Gasteiger charge is 2.11. The van der Waals surface area contributed by atoms with E-state index in [1.54, 1.807) is 26.4 Å². The predicted octanol–water partition coefficient (Wildman–Crippen LogP) is 4.47. The molecule has 0 heterocycles. The van der Waals surface area contributed by atoms with Crippen LogP contribution in [-0.2, 0) is 0 Å². The van der Waals surface area contributed by atoms with E-state index in [4.69, 9.17) is 33.3 Å². The lowest BCUT2D eigenvalue weighted by Gasteiger charge is -2.15. The second-order valence-electron chi connectivity index (χ2n) is 4.64. The molecule has 0 aliphatic rings. The molecule has 0 fully saturated rings. The van der Waals surface area contributed by atoms with E-state index in [2.05, 4.69) is 10.6 Å². The van der Waals surface area contributed by atoms with Crippen molar-refractivity contribution in [1.29, 1.82) is 0 Å². The highest BCUT2D eigenvalue weighted by molar-refractivity contribution is 7.80. The van der Waals surface area contributed by atoms with Gasteiger partial charge in [0.2, 0.25) is 0 Å². The van der Waals surface area contributed by atoms with Gasteiger partial charge in [0.25, 0.3) is 0 Å². The van der Waals surface area contributed by atoms with Crippen LogP contribution in [0.3, 0.4) is 0 Å². The molecule has 0 spiro atoms. The highest BCUT2D eigenvalue weighted by Crippen LogP contribution is 2.35. The SMILES string of the molecule is COc1cc(NC(=S)Nc2cccc(C)c2)c(OC)cc1Cl. The van der Waals surface area contributed by atoms with Crippen LogP contribution in [0.15, 0.2) is 36.4 Å². The molecule has 6 heteroatoms. The maximum Gasteiger partial charge on any atom is 0.175 e. The zero-order chi connectivity index (χ0) is 16.1. The van der Waals surface area contributed by atoms with Gasteiger partial charge in [-0.3, -0.25) is 0 Å². The zero-order valence-corrected chi connectivity index (χ0v) is 14.1. The van der Waals surface area contributed by atoms with Crippen LogP contribution < -0.4 is 20.1 Å². The number of hydrogen-bond acceptors (Lipinski definition) is 3. The monoisotopic (exact) mass is 336 g/mol. The van der Waals surface area contributed by atoms with Gasteiger partial charge < -0.3 is 20.1 Å². The van der Waals surface area contributed by atoms with Crippen LogP contribution in [0.1, 0.15) is 5.56 Å². The molecule has 0 aliphatic carbocycles. The Labute approximate surface area is 140 Å². The molecule has 0 aromatic heterocycles. The first-order chi connectivity index (χ1) is 10.5. The van der Waals surface area contributed by atoms with Gasteiger partial charge in [0, 0.05) is 17.8 Å². The van der Waals surface area contributed by atoms with Gasteiger partial charge in [0.1, 0.15) is 11.5 Å². The van der Waals surface area contributed by atoms with E-state index in [9.17, 15) is 0 Å². The number of aryl methyl sites for hydroxylation is 1. The van der Waals surface area contributed by atoms with Crippen molar-refractivity contribution in [3.63, 3.8) is 0 Å². The van der Waals surface area contributed by atoms with Gasteiger partial charge in [-0.2, -0.15) is 0 Å². The molecule has 4 nitrogen and oxygen atoms in total. The number of rotatable bonds is 4. The van der Waals surface area contributed by atoms with Gasteiger partial charge >= 0.3 is 0 Å². The second-order valence-corrected chi connectivity index (χ2v) is 5.45. The summed E-state index contributed by atoms with van der Waals surface area (Å²) in [6, 6.07) is 11.4. The molecule has 0 unspecified atom stereocenters. The van der Waals surface area contributed by atoms with Gasteiger partial charge in [-0.15, -0.1) is 0 Å². The summed E-state index contributed by atoms with van der Waals surface area (Å²) in [6.07, 6.45) is 0. The average molecular weight is 337 g/mol. The number of hydrogen-bond donors (Lipinski definition) is 2. The van der Waals surface area contributed by atoms with Crippen molar-refractivity contribution in [3.8, 4) is 11.5 Å². The quantitative estimate of drug-likeness (QED) is 0.806. The number of anilines is 2. The van der Waals surface area contributed by atoms with Crippen LogP contribution in [0.25, 0.3) is 0 Å². The normalized spacial score (nSPS) is 10.0. The van der Waals surface area contributed by atoms with Gasteiger partial charge in [-0.25, -0.2) is 0 Å². The maximum atomic E-state index is 6.08. The Hall–Kier alpha value is -1.98. The standard InChI is InChI=1S/C16H17ClN2O2S/c1-10-5-4-6-11(7-10)18-16(22)19-13-9-14(20-2)12(17)8-15(13)21-3/h4-9H,1-3H3,(H2,18,19,22). The van der Waals surface area contributed by atoms with Crippen molar-refractivity contribution >= 4 is 40.3 Å². The fraction of sp³-hybridized carbons (Fsp3) is 0.188. The summed E-state index contributed by atoms with van der Waals surface area (Å²) in [5.74, 6) is 1.13. The highest BCUT2D eigenvalue weighted by atomic mass is 35.5. The summed E-state index contributed by atoms with van der Waals surface area (Å²) in [5, 5.41) is 7.14. The summed E-state index contributed by atoms with van der Waals surface area (Å²) >= 11 is 11.4. The van der Waals surface area contributed by atoms with E-state index in [0.717, 1.165) is 11.3 Å². The lowest BCUT2D eigenvalue weighted by molar-refractivity contribution is 0.405. The Balaban J connectivity index is 2.17. The van der Waals surface area contributed by atoms with Crippen molar-refractivity contribution < 1.29 is 9.47 Å². The van der Waals surface area contributed by atoms with Crippen molar-refractivity contribution in [1.82, 2.24) is 0 Å². The van der Waals surface area contributed by atoms with Gasteiger partial charge in [0.15, 0.2) is 5.11 Å². The minimum atomic E-state index is 0.452. The molecule has 2 aromatic rings. The molecule has 0 saturated carbocycles. The first-order valence-electron chi connectivity index (χ1n) is 6.59. The molecular formula is C16H17ClN2O2S. The van der Waals surface area contributed by atoms with Gasteiger partial charge in [0.05, 0.1) is 24.9 Å². The number of ether oxygens (including phenoxy) is 2. The Morgan fingerprint density at radius 1 is 1.05 bits per heavy atom. The molecule has 0 atom stereocenters. The van der Waals surface area contributed by atoms with Gasteiger partial charge in [-0.1, -0.05) is 23.7 Å². The van der Waals surface area contributed by atoms with Crippen LogP contribution in [0, 0.1) is 6.92 Å². The number of benzene rings is 2. The van der Waals surface area contributed by atoms with Crippen LogP contribution in [-0.4, -0.2) is 19.3 Å². The molecule has 0 saturated heterocycles. The Bertz CT molecular complexity index is 692. The minimum Gasteiger partial charge on any atom is -0.495 e. The van der Waals surface area contributed by atoms with Gasteiger partial charge in [-0.05, 0) is 36.8 Å². The number of halogens is 1. The Morgan fingerprint density at radius 3 is 2.41 bits per heavy atom. The molecule has 116 valence electrons. The predicted molar refractivity (Wildman–Crippen MR) is 95.6 cm³/mol. The van der Waals surface area contributed by atoms with Crippen LogP contribution in [0.4, 0.5) is 11.4 Å². The Kier molecular flexibility index (Phi) is 5.46. The van der Waals surface area contributed by atoms with E-state index in [1.807, 2.05) is 31.2 Å². The van der Waals surface area contributed by atoms with Crippen molar-refractivity contribution in [2.45, 2.75) is 6.92 Å². The number of thiocarbonyl (C=S) groups is 1. The summed E-state index contributed by atoms with van der Waals surface area (Å²) < 4.78 is 10.5. The maximum absolute atomic E-state index is 6.08. The lowest BCUT2D eigenvalue weighted by atomic mass is 10.2. The topological polar surface area (TPSA) is 42.5 Å². The van der Waals surface area contributed by atoms with E-state index in [0.29, 0.717) is 27.3 Å². The van der Waals surface area contributed by atoms with Crippen molar-refractivity contribution in [2.24, 2.45) is 0 Å². The van der Waals surface area contributed by atoms with Crippen LogP contribution in [0.2, 0.25) is 5.02 Å². The average Bonchev–Trinajstić information content (AvgIpc) is 2.48. The summed E-state index contributed by atoms with van der Waals surface area (Å²) in [7, 11) is 3.13. The molecule has 0 aliphatic heterocycles. The zero-order valence-electron chi connectivity index (χ0n) is 12.6. The molecular weight excluding hydrogens is 320 g/mol. The number of methoxy groups -OCH3 is 2. The molecule has 2 rings (SSSR count). The fourth-order valence-electron chi connectivity index (χ4n) is 1.97. The number of nitrogens with one attached hydrogen (secondary N) is 2. The minimum absolute atomic E-state index is 0.452. The lowest BCUT2D eigenvalue weighted by Crippen LogP contribution is -2.19. The molecule has 0 amide bonds. The second kappa shape index (κ2) is 7.33.